The molecule has 0 radical (unpaired) electrons. The molecule has 1 aromatic carbocycles. The number of benzene rings is 1. The van der Waals surface area contributed by atoms with Crippen LogP contribution in [0.4, 0.5) is 4.39 Å². The van der Waals surface area contributed by atoms with Gasteiger partial charge in [0.1, 0.15) is 23.7 Å². The number of hydrogen-bond donors (Lipinski definition) is 0. The fourth-order valence-electron chi connectivity index (χ4n) is 1.05. The van der Waals surface area contributed by atoms with E-state index in [9.17, 15) is 9.18 Å². The van der Waals surface area contributed by atoms with Crippen molar-refractivity contribution in [2.24, 2.45) is 0 Å². The Morgan fingerprint density at radius 1 is 1.60 bits per heavy atom. The summed E-state index contributed by atoms with van der Waals surface area (Å²) < 4.78 is 22.6. The van der Waals surface area contributed by atoms with E-state index in [1.54, 1.807) is 0 Å². The predicted molar refractivity (Wildman–Crippen MR) is 53.4 cm³/mol. The molecule has 4 heteroatoms. The van der Waals surface area contributed by atoms with Crippen molar-refractivity contribution in [2.45, 2.75) is 0 Å². The molecule has 0 N–H and O–H groups in total. The first-order chi connectivity index (χ1) is 7.19. The Bertz CT molecular complexity index is 374. The average Bonchev–Trinajstić information content (AvgIpc) is 2.26. The van der Waals surface area contributed by atoms with Gasteiger partial charge in [-0.2, -0.15) is 0 Å². The Hall–Kier alpha value is -1.84. The van der Waals surface area contributed by atoms with Gasteiger partial charge < -0.3 is 9.47 Å². The van der Waals surface area contributed by atoms with E-state index < -0.39 is 11.8 Å². The van der Waals surface area contributed by atoms with Crippen LogP contribution in [0.1, 0.15) is 10.4 Å². The van der Waals surface area contributed by atoms with Crippen LogP contribution in [0.2, 0.25) is 0 Å². The molecule has 0 unspecified atom stereocenters. The number of esters is 1. The lowest BCUT2D eigenvalue weighted by molar-refractivity contribution is 0.0596. The van der Waals surface area contributed by atoms with E-state index in [-0.39, 0.29) is 17.9 Å². The SMILES string of the molecule is C=CCOc1ccc(F)cc1C(=O)OC. The minimum Gasteiger partial charge on any atom is -0.489 e. The van der Waals surface area contributed by atoms with Gasteiger partial charge in [-0.3, -0.25) is 0 Å². The molecule has 1 aromatic rings. The third-order valence-corrected chi connectivity index (χ3v) is 1.70. The molecule has 0 aromatic heterocycles. The monoisotopic (exact) mass is 210 g/mol. The van der Waals surface area contributed by atoms with Crippen molar-refractivity contribution < 1.29 is 18.7 Å². The Balaban J connectivity index is 3.02. The average molecular weight is 210 g/mol. The van der Waals surface area contributed by atoms with Gasteiger partial charge in [0.2, 0.25) is 0 Å². The van der Waals surface area contributed by atoms with Crippen molar-refractivity contribution >= 4 is 5.97 Å². The quantitative estimate of drug-likeness (QED) is 0.564. The zero-order valence-corrected chi connectivity index (χ0v) is 8.33. The van der Waals surface area contributed by atoms with Gasteiger partial charge in [0.05, 0.1) is 7.11 Å². The number of carbonyl (C=O) groups excluding carboxylic acids is 1. The van der Waals surface area contributed by atoms with Crippen molar-refractivity contribution in [2.75, 3.05) is 13.7 Å². The van der Waals surface area contributed by atoms with E-state index in [1.807, 2.05) is 0 Å². The summed E-state index contributed by atoms with van der Waals surface area (Å²) in [4.78, 5) is 11.3. The number of rotatable bonds is 4. The summed E-state index contributed by atoms with van der Waals surface area (Å²) in [7, 11) is 1.23. The first kappa shape index (κ1) is 11.2. The van der Waals surface area contributed by atoms with E-state index in [4.69, 9.17) is 4.74 Å². The molecular formula is C11H11FO3. The zero-order chi connectivity index (χ0) is 11.3. The van der Waals surface area contributed by atoms with Crippen LogP contribution in [0, 0.1) is 5.82 Å². The fraction of sp³-hybridized carbons (Fsp3) is 0.182. The molecule has 3 nitrogen and oxygen atoms in total. The van der Waals surface area contributed by atoms with Gasteiger partial charge in [-0.15, -0.1) is 0 Å². The second kappa shape index (κ2) is 5.14. The van der Waals surface area contributed by atoms with Crippen molar-refractivity contribution in [3.63, 3.8) is 0 Å². The zero-order valence-electron chi connectivity index (χ0n) is 8.33. The first-order valence-corrected chi connectivity index (χ1v) is 4.30. The third kappa shape index (κ3) is 2.80. The second-order valence-corrected chi connectivity index (χ2v) is 2.73. The van der Waals surface area contributed by atoms with Crippen molar-refractivity contribution in [3.05, 3.63) is 42.2 Å². The van der Waals surface area contributed by atoms with Gasteiger partial charge in [-0.25, -0.2) is 9.18 Å². The smallest absolute Gasteiger partial charge is 0.341 e. The Morgan fingerprint density at radius 3 is 2.93 bits per heavy atom. The molecule has 0 aliphatic rings. The summed E-state index contributed by atoms with van der Waals surface area (Å²) in [6.07, 6.45) is 1.53. The molecule has 0 spiro atoms. The Kier molecular flexibility index (Phi) is 3.85. The standard InChI is InChI=1S/C11H11FO3/c1-3-6-15-10-5-4-8(12)7-9(10)11(13)14-2/h3-5,7H,1,6H2,2H3. The van der Waals surface area contributed by atoms with Crippen LogP contribution in [-0.2, 0) is 4.74 Å². The van der Waals surface area contributed by atoms with E-state index in [0.717, 1.165) is 6.07 Å². The number of hydrogen-bond acceptors (Lipinski definition) is 3. The number of carbonyl (C=O) groups is 1. The van der Waals surface area contributed by atoms with E-state index >= 15 is 0 Å². The van der Waals surface area contributed by atoms with Crippen LogP contribution in [0.15, 0.2) is 30.9 Å². The number of halogens is 1. The maximum absolute atomic E-state index is 12.9. The summed E-state index contributed by atoms with van der Waals surface area (Å²) >= 11 is 0. The normalized spacial score (nSPS) is 9.47. The van der Waals surface area contributed by atoms with Crippen molar-refractivity contribution in [1.82, 2.24) is 0 Å². The van der Waals surface area contributed by atoms with Gasteiger partial charge >= 0.3 is 5.97 Å². The summed E-state index contributed by atoms with van der Waals surface area (Å²) in [6, 6.07) is 3.67. The maximum Gasteiger partial charge on any atom is 0.341 e. The third-order valence-electron chi connectivity index (χ3n) is 1.70. The molecule has 0 atom stereocenters. The highest BCUT2D eigenvalue weighted by atomic mass is 19.1. The molecule has 1 rings (SSSR count). The van der Waals surface area contributed by atoms with Crippen LogP contribution < -0.4 is 4.74 Å². The molecule has 0 saturated heterocycles. The molecule has 0 fully saturated rings. The van der Waals surface area contributed by atoms with Gasteiger partial charge in [-0.05, 0) is 18.2 Å². The highest BCUT2D eigenvalue weighted by Crippen LogP contribution is 2.20. The molecule has 0 saturated carbocycles. The van der Waals surface area contributed by atoms with Crippen LogP contribution in [0.3, 0.4) is 0 Å². The fourth-order valence-corrected chi connectivity index (χ4v) is 1.05. The minimum atomic E-state index is -0.631. The Morgan fingerprint density at radius 2 is 2.33 bits per heavy atom. The number of methoxy groups -OCH3 is 1. The topological polar surface area (TPSA) is 35.5 Å². The lowest BCUT2D eigenvalue weighted by Gasteiger charge is -2.08. The van der Waals surface area contributed by atoms with Crippen LogP contribution in [0.25, 0.3) is 0 Å². The maximum atomic E-state index is 12.9. The summed E-state index contributed by atoms with van der Waals surface area (Å²) in [6.45, 7) is 3.72. The second-order valence-electron chi connectivity index (χ2n) is 2.73. The van der Waals surface area contributed by atoms with Crippen LogP contribution >= 0.6 is 0 Å². The van der Waals surface area contributed by atoms with Gasteiger partial charge in [0.25, 0.3) is 0 Å². The minimum absolute atomic E-state index is 0.0688. The molecule has 0 amide bonds. The number of ether oxygens (including phenoxy) is 2. The van der Waals surface area contributed by atoms with Crippen molar-refractivity contribution in [3.8, 4) is 5.75 Å². The molecule has 15 heavy (non-hydrogen) atoms. The van der Waals surface area contributed by atoms with E-state index in [1.165, 1.54) is 25.3 Å². The highest BCUT2D eigenvalue weighted by Gasteiger charge is 2.13. The van der Waals surface area contributed by atoms with Crippen molar-refractivity contribution in [1.29, 1.82) is 0 Å². The molecule has 0 heterocycles. The van der Waals surface area contributed by atoms with E-state index in [2.05, 4.69) is 11.3 Å². The summed E-state index contributed by atoms with van der Waals surface area (Å²) in [5.74, 6) is -0.863. The molecule has 0 aliphatic carbocycles. The van der Waals surface area contributed by atoms with Gasteiger partial charge in [0, 0.05) is 0 Å². The molecule has 0 bridgehead atoms. The summed E-state index contributed by atoms with van der Waals surface area (Å²) in [5, 5.41) is 0. The predicted octanol–water partition coefficient (Wildman–Crippen LogP) is 2.18. The lowest BCUT2D eigenvalue weighted by atomic mass is 10.2. The highest BCUT2D eigenvalue weighted by molar-refractivity contribution is 5.92. The van der Waals surface area contributed by atoms with E-state index in [0.29, 0.717) is 0 Å². The van der Waals surface area contributed by atoms with Gasteiger partial charge in [-0.1, -0.05) is 12.7 Å². The van der Waals surface area contributed by atoms with Crippen LogP contribution in [-0.4, -0.2) is 19.7 Å². The van der Waals surface area contributed by atoms with Gasteiger partial charge in [0.15, 0.2) is 0 Å². The molecular weight excluding hydrogens is 199 g/mol. The lowest BCUT2D eigenvalue weighted by Crippen LogP contribution is -2.06. The Labute approximate surface area is 87.1 Å². The molecule has 0 aliphatic heterocycles. The summed E-state index contributed by atoms with van der Waals surface area (Å²) in [5.41, 5.74) is 0.0688. The molecule has 80 valence electrons. The first-order valence-electron chi connectivity index (χ1n) is 4.30. The van der Waals surface area contributed by atoms with Crippen LogP contribution in [0.5, 0.6) is 5.75 Å². The largest absolute Gasteiger partial charge is 0.489 e.